The summed E-state index contributed by atoms with van der Waals surface area (Å²) in [6, 6.07) is 6.00. The Kier molecular flexibility index (Phi) is 3.84. The van der Waals surface area contributed by atoms with Crippen LogP contribution >= 0.6 is 27.3 Å². The molecule has 0 bridgehead atoms. The summed E-state index contributed by atoms with van der Waals surface area (Å²) in [7, 11) is 0. The Morgan fingerprint density at radius 2 is 2.12 bits per heavy atom. The lowest BCUT2D eigenvalue weighted by atomic mass is 10.1. The molecule has 86 valence electrons. The molecule has 2 aromatic rings. The van der Waals surface area contributed by atoms with Crippen molar-refractivity contribution in [1.29, 1.82) is 0 Å². The van der Waals surface area contributed by atoms with Crippen LogP contribution in [-0.2, 0) is 12.8 Å². The van der Waals surface area contributed by atoms with Crippen LogP contribution < -0.4 is 0 Å². The van der Waals surface area contributed by atoms with Crippen molar-refractivity contribution in [1.82, 2.24) is 0 Å². The van der Waals surface area contributed by atoms with Crippen molar-refractivity contribution in [3.8, 4) is 0 Å². The molecule has 16 heavy (non-hydrogen) atoms. The molecule has 4 heteroatoms. The van der Waals surface area contributed by atoms with E-state index in [9.17, 15) is 5.11 Å². The summed E-state index contributed by atoms with van der Waals surface area (Å²) in [5.41, 5.74) is 0.812. The number of aliphatic hydroxyl groups excluding tert-OH is 1. The number of thiophene rings is 1. The number of furan rings is 1. The Morgan fingerprint density at radius 3 is 2.69 bits per heavy atom. The van der Waals surface area contributed by atoms with E-state index in [4.69, 9.17) is 4.42 Å². The zero-order valence-corrected chi connectivity index (χ0v) is 11.3. The SMILES string of the molecule is CCc1ccc(CC(O)c2ccoc2Br)s1. The first-order chi connectivity index (χ1) is 7.70. The van der Waals surface area contributed by atoms with Gasteiger partial charge in [-0.15, -0.1) is 11.3 Å². The van der Waals surface area contributed by atoms with Crippen molar-refractivity contribution >= 4 is 27.3 Å². The lowest BCUT2D eigenvalue weighted by molar-refractivity contribution is 0.177. The highest BCUT2D eigenvalue weighted by molar-refractivity contribution is 9.10. The minimum atomic E-state index is -0.503. The maximum absolute atomic E-state index is 10.0. The third-order valence-corrected chi connectivity index (χ3v) is 4.36. The molecule has 0 aliphatic rings. The number of hydrogen-bond donors (Lipinski definition) is 1. The molecule has 0 saturated carbocycles. The molecule has 2 nitrogen and oxygen atoms in total. The smallest absolute Gasteiger partial charge is 0.174 e. The summed E-state index contributed by atoms with van der Waals surface area (Å²) < 4.78 is 5.73. The average Bonchev–Trinajstić information content (AvgIpc) is 2.86. The van der Waals surface area contributed by atoms with Crippen molar-refractivity contribution in [2.45, 2.75) is 25.9 Å². The van der Waals surface area contributed by atoms with E-state index in [1.807, 2.05) is 0 Å². The summed E-state index contributed by atoms with van der Waals surface area (Å²) in [6.07, 6.45) is 2.77. The quantitative estimate of drug-likeness (QED) is 0.928. The molecule has 2 heterocycles. The van der Waals surface area contributed by atoms with Crippen molar-refractivity contribution in [2.75, 3.05) is 0 Å². The third-order valence-electron chi connectivity index (χ3n) is 2.47. The van der Waals surface area contributed by atoms with Crippen LogP contribution in [0.25, 0.3) is 0 Å². The van der Waals surface area contributed by atoms with Gasteiger partial charge in [-0.2, -0.15) is 0 Å². The number of aryl methyl sites for hydroxylation is 1. The van der Waals surface area contributed by atoms with Crippen LogP contribution in [0.15, 0.2) is 33.5 Å². The standard InChI is InChI=1S/C12H13BrO2S/c1-2-8-3-4-9(16-8)7-11(14)10-5-6-15-12(10)13/h3-6,11,14H,2,7H2,1H3. The maximum atomic E-state index is 10.0. The van der Waals surface area contributed by atoms with Crippen molar-refractivity contribution in [2.24, 2.45) is 0 Å². The van der Waals surface area contributed by atoms with Gasteiger partial charge in [0, 0.05) is 21.7 Å². The molecule has 0 aliphatic carbocycles. The van der Waals surface area contributed by atoms with E-state index in [2.05, 4.69) is 35.0 Å². The number of hydrogen-bond acceptors (Lipinski definition) is 3. The van der Waals surface area contributed by atoms with Gasteiger partial charge in [-0.25, -0.2) is 0 Å². The van der Waals surface area contributed by atoms with E-state index < -0.39 is 6.10 Å². The molecule has 0 aromatic carbocycles. The van der Waals surface area contributed by atoms with E-state index in [-0.39, 0.29) is 0 Å². The maximum Gasteiger partial charge on any atom is 0.174 e. The lowest BCUT2D eigenvalue weighted by Gasteiger charge is -2.06. The van der Waals surface area contributed by atoms with Gasteiger partial charge in [0.1, 0.15) is 0 Å². The number of halogens is 1. The van der Waals surface area contributed by atoms with Crippen molar-refractivity contribution < 1.29 is 9.52 Å². The van der Waals surface area contributed by atoms with E-state index in [0.717, 1.165) is 12.0 Å². The van der Waals surface area contributed by atoms with Gasteiger partial charge in [-0.05, 0) is 40.5 Å². The van der Waals surface area contributed by atoms with Crippen LogP contribution in [0.2, 0.25) is 0 Å². The summed E-state index contributed by atoms with van der Waals surface area (Å²) in [5.74, 6) is 0. The van der Waals surface area contributed by atoms with Crippen LogP contribution in [0.1, 0.15) is 28.3 Å². The molecule has 2 rings (SSSR count). The van der Waals surface area contributed by atoms with Gasteiger partial charge < -0.3 is 9.52 Å². The van der Waals surface area contributed by atoms with Gasteiger partial charge in [-0.1, -0.05) is 6.92 Å². The minimum Gasteiger partial charge on any atom is -0.457 e. The van der Waals surface area contributed by atoms with Gasteiger partial charge in [0.15, 0.2) is 4.67 Å². The summed E-state index contributed by atoms with van der Waals surface area (Å²) in [6.45, 7) is 2.14. The highest BCUT2D eigenvalue weighted by Gasteiger charge is 2.15. The fraction of sp³-hybridized carbons (Fsp3) is 0.333. The predicted molar refractivity (Wildman–Crippen MR) is 68.8 cm³/mol. The topological polar surface area (TPSA) is 33.4 Å². The van der Waals surface area contributed by atoms with Gasteiger partial charge in [0.05, 0.1) is 12.4 Å². The molecule has 0 aliphatic heterocycles. The highest BCUT2D eigenvalue weighted by Crippen LogP contribution is 2.29. The Hall–Kier alpha value is -0.580. The Balaban J connectivity index is 2.07. The molecule has 0 spiro atoms. The molecule has 2 aromatic heterocycles. The van der Waals surface area contributed by atoms with Crippen LogP contribution in [0, 0.1) is 0 Å². The fourth-order valence-electron chi connectivity index (χ4n) is 1.57. The average molecular weight is 301 g/mol. The van der Waals surface area contributed by atoms with Crippen molar-refractivity contribution in [3.05, 3.63) is 44.4 Å². The second-order valence-electron chi connectivity index (χ2n) is 3.59. The number of aliphatic hydroxyl groups is 1. The Labute approximate surface area is 107 Å². The second-order valence-corrected chi connectivity index (χ2v) is 5.56. The lowest BCUT2D eigenvalue weighted by Crippen LogP contribution is -1.99. The molecule has 1 N–H and O–H groups in total. The molecular formula is C12H13BrO2S. The van der Waals surface area contributed by atoms with Crippen LogP contribution in [0.3, 0.4) is 0 Å². The molecule has 0 fully saturated rings. The minimum absolute atomic E-state index is 0.503. The summed E-state index contributed by atoms with van der Waals surface area (Å²) in [4.78, 5) is 2.56. The zero-order valence-electron chi connectivity index (χ0n) is 8.94. The fourth-order valence-corrected chi connectivity index (χ4v) is 3.06. The molecule has 1 unspecified atom stereocenters. The monoisotopic (exact) mass is 300 g/mol. The molecule has 0 saturated heterocycles. The first-order valence-corrected chi connectivity index (χ1v) is 6.80. The molecular weight excluding hydrogens is 288 g/mol. The Bertz CT molecular complexity index is 461. The van der Waals surface area contributed by atoms with E-state index in [0.29, 0.717) is 11.1 Å². The first-order valence-electron chi connectivity index (χ1n) is 5.19. The highest BCUT2D eigenvalue weighted by atomic mass is 79.9. The van der Waals surface area contributed by atoms with Gasteiger partial charge in [0.25, 0.3) is 0 Å². The summed E-state index contributed by atoms with van der Waals surface area (Å²) >= 11 is 5.03. The van der Waals surface area contributed by atoms with Crippen LogP contribution in [0.5, 0.6) is 0 Å². The predicted octanol–water partition coefficient (Wildman–Crippen LogP) is 3.94. The van der Waals surface area contributed by atoms with E-state index in [1.54, 1.807) is 23.7 Å². The van der Waals surface area contributed by atoms with Crippen LogP contribution in [-0.4, -0.2) is 5.11 Å². The normalized spacial score (nSPS) is 12.9. The van der Waals surface area contributed by atoms with Gasteiger partial charge in [-0.3, -0.25) is 0 Å². The van der Waals surface area contributed by atoms with Crippen LogP contribution in [0.4, 0.5) is 0 Å². The summed E-state index contributed by atoms with van der Waals surface area (Å²) in [5, 5.41) is 10.0. The second kappa shape index (κ2) is 5.17. The molecule has 1 atom stereocenters. The third kappa shape index (κ3) is 2.56. The van der Waals surface area contributed by atoms with Gasteiger partial charge in [0.2, 0.25) is 0 Å². The van der Waals surface area contributed by atoms with Crippen molar-refractivity contribution in [3.63, 3.8) is 0 Å². The Morgan fingerprint density at radius 1 is 1.38 bits per heavy atom. The largest absolute Gasteiger partial charge is 0.457 e. The number of rotatable bonds is 4. The first kappa shape index (κ1) is 11.9. The van der Waals surface area contributed by atoms with E-state index >= 15 is 0 Å². The molecule has 0 radical (unpaired) electrons. The zero-order chi connectivity index (χ0) is 11.5. The van der Waals surface area contributed by atoms with Gasteiger partial charge >= 0.3 is 0 Å². The van der Waals surface area contributed by atoms with E-state index in [1.165, 1.54) is 9.75 Å². The molecule has 0 amide bonds.